The predicted molar refractivity (Wildman–Crippen MR) is 103 cm³/mol. The molecule has 0 aliphatic heterocycles. The quantitative estimate of drug-likeness (QED) is 0.745. The van der Waals surface area contributed by atoms with Crippen LogP contribution < -0.4 is 15.0 Å². The van der Waals surface area contributed by atoms with E-state index in [-0.39, 0.29) is 5.91 Å². The van der Waals surface area contributed by atoms with Crippen molar-refractivity contribution in [3.8, 4) is 5.75 Å². The van der Waals surface area contributed by atoms with E-state index in [0.29, 0.717) is 6.54 Å². The molecule has 0 spiro atoms. The van der Waals surface area contributed by atoms with Crippen molar-refractivity contribution in [2.24, 2.45) is 0 Å². The maximum atomic E-state index is 12.2. The number of aryl methyl sites for hydroxylation is 2. The monoisotopic (exact) mass is 340 g/mol. The molecule has 25 heavy (non-hydrogen) atoms. The number of carbonyl (C=O) groups is 1. The van der Waals surface area contributed by atoms with Crippen LogP contribution in [0, 0.1) is 13.8 Å². The summed E-state index contributed by atoms with van der Waals surface area (Å²) in [4.78, 5) is 14.4. The molecular formula is C21H28N2O2. The maximum absolute atomic E-state index is 12.2. The van der Waals surface area contributed by atoms with Crippen LogP contribution in [0.3, 0.4) is 0 Å². The standard InChI is InChI=1S/C21H28N2O2/c1-16-13-17(2)15-20(14-16)25-18(3)21(24)22-11-8-12-23(4)19-9-6-5-7-10-19/h5-7,9-10,13-15,18H,8,11-12H2,1-4H3,(H,22,24)/t18-/m1/s1. The van der Waals surface area contributed by atoms with E-state index < -0.39 is 6.10 Å². The Balaban J connectivity index is 1.72. The summed E-state index contributed by atoms with van der Waals surface area (Å²) in [5, 5.41) is 2.95. The van der Waals surface area contributed by atoms with E-state index in [1.54, 1.807) is 6.92 Å². The zero-order chi connectivity index (χ0) is 18.2. The molecule has 0 aliphatic rings. The fraction of sp³-hybridized carbons (Fsp3) is 0.381. The van der Waals surface area contributed by atoms with Crippen molar-refractivity contribution in [3.63, 3.8) is 0 Å². The number of ether oxygens (including phenoxy) is 1. The number of anilines is 1. The number of rotatable bonds is 8. The maximum Gasteiger partial charge on any atom is 0.260 e. The molecule has 1 amide bonds. The van der Waals surface area contributed by atoms with Gasteiger partial charge in [0.15, 0.2) is 6.10 Å². The van der Waals surface area contributed by atoms with Crippen LogP contribution in [0.5, 0.6) is 5.75 Å². The first kappa shape index (κ1) is 18.8. The Morgan fingerprint density at radius 1 is 1.12 bits per heavy atom. The Bertz CT molecular complexity index is 665. The molecule has 0 saturated heterocycles. The summed E-state index contributed by atoms with van der Waals surface area (Å²) in [5.41, 5.74) is 3.44. The van der Waals surface area contributed by atoms with Crippen LogP contribution in [0.4, 0.5) is 5.69 Å². The van der Waals surface area contributed by atoms with Crippen molar-refractivity contribution >= 4 is 11.6 Å². The summed E-state index contributed by atoms with van der Waals surface area (Å²) in [6, 6.07) is 16.2. The van der Waals surface area contributed by atoms with Gasteiger partial charge in [-0.05, 0) is 62.6 Å². The minimum absolute atomic E-state index is 0.0819. The number of benzene rings is 2. The van der Waals surface area contributed by atoms with Gasteiger partial charge in [-0.2, -0.15) is 0 Å². The predicted octanol–water partition coefficient (Wildman–Crippen LogP) is 3.71. The Hall–Kier alpha value is -2.49. The summed E-state index contributed by atoms with van der Waals surface area (Å²) in [6.07, 6.45) is 0.376. The van der Waals surface area contributed by atoms with E-state index in [4.69, 9.17) is 4.74 Å². The van der Waals surface area contributed by atoms with Gasteiger partial charge in [-0.25, -0.2) is 0 Å². The van der Waals surface area contributed by atoms with Crippen LogP contribution in [0.2, 0.25) is 0 Å². The van der Waals surface area contributed by atoms with E-state index in [2.05, 4.69) is 35.5 Å². The number of amides is 1. The normalized spacial score (nSPS) is 11.7. The molecule has 0 aromatic heterocycles. The van der Waals surface area contributed by atoms with Crippen LogP contribution in [-0.2, 0) is 4.79 Å². The van der Waals surface area contributed by atoms with Crippen LogP contribution in [0.25, 0.3) is 0 Å². The second-order valence-corrected chi connectivity index (χ2v) is 6.49. The topological polar surface area (TPSA) is 41.6 Å². The smallest absolute Gasteiger partial charge is 0.260 e. The fourth-order valence-corrected chi connectivity index (χ4v) is 2.74. The first-order valence-electron chi connectivity index (χ1n) is 8.74. The summed E-state index contributed by atoms with van der Waals surface area (Å²) >= 11 is 0. The molecule has 2 aromatic carbocycles. The highest BCUT2D eigenvalue weighted by atomic mass is 16.5. The van der Waals surface area contributed by atoms with Crippen molar-refractivity contribution in [2.75, 3.05) is 25.0 Å². The molecule has 0 radical (unpaired) electrons. The minimum atomic E-state index is -0.506. The van der Waals surface area contributed by atoms with Gasteiger partial charge in [0.2, 0.25) is 0 Å². The van der Waals surface area contributed by atoms with E-state index in [0.717, 1.165) is 29.8 Å². The lowest BCUT2D eigenvalue weighted by molar-refractivity contribution is -0.127. The largest absolute Gasteiger partial charge is 0.481 e. The highest BCUT2D eigenvalue weighted by Gasteiger charge is 2.14. The molecule has 0 unspecified atom stereocenters. The van der Waals surface area contributed by atoms with Crippen molar-refractivity contribution in [3.05, 3.63) is 59.7 Å². The van der Waals surface area contributed by atoms with E-state index in [9.17, 15) is 4.79 Å². The van der Waals surface area contributed by atoms with Gasteiger partial charge in [0.1, 0.15) is 5.75 Å². The van der Waals surface area contributed by atoms with Crippen molar-refractivity contribution in [1.82, 2.24) is 5.32 Å². The zero-order valence-electron chi connectivity index (χ0n) is 15.6. The number of nitrogens with one attached hydrogen (secondary N) is 1. The van der Waals surface area contributed by atoms with Crippen molar-refractivity contribution in [2.45, 2.75) is 33.3 Å². The van der Waals surface area contributed by atoms with E-state index >= 15 is 0 Å². The molecule has 134 valence electrons. The minimum Gasteiger partial charge on any atom is -0.481 e. The highest BCUT2D eigenvalue weighted by Crippen LogP contribution is 2.17. The molecule has 4 nitrogen and oxygen atoms in total. The lowest BCUT2D eigenvalue weighted by atomic mass is 10.1. The number of para-hydroxylation sites is 1. The molecule has 0 fully saturated rings. The first-order chi connectivity index (χ1) is 12.0. The van der Waals surface area contributed by atoms with Gasteiger partial charge >= 0.3 is 0 Å². The Labute approximate surface area is 150 Å². The SMILES string of the molecule is Cc1cc(C)cc(O[C@H](C)C(=O)NCCCN(C)c2ccccc2)c1. The molecule has 4 heteroatoms. The third kappa shape index (κ3) is 6.14. The molecule has 0 bridgehead atoms. The average molecular weight is 340 g/mol. The van der Waals surface area contributed by atoms with Gasteiger partial charge < -0.3 is 15.0 Å². The van der Waals surface area contributed by atoms with Gasteiger partial charge in [0.25, 0.3) is 5.91 Å². The van der Waals surface area contributed by atoms with Crippen LogP contribution in [-0.4, -0.2) is 32.1 Å². The van der Waals surface area contributed by atoms with Gasteiger partial charge in [0.05, 0.1) is 0 Å². The molecule has 0 aliphatic carbocycles. The average Bonchev–Trinajstić information content (AvgIpc) is 2.58. The van der Waals surface area contributed by atoms with E-state index in [1.807, 2.05) is 44.2 Å². The number of hydrogen-bond donors (Lipinski definition) is 1. The van der Waals surface area contributed by atoms with Gasteiger partial charge in [0, 0.05) is 25.8 Å². The van der Waals surface area contributed by atoms with Crippen LogP contribution in [0.1, 0.15) is 24.5 Å². The molecule has 1 atom stereocenters. The summed E-state index contributed by atoms with van der Waals surface area (Å²) in [5.74, 6) is 0.658. The second-order valence-electron chi connectivity index (χ2n) is 6.49. The zero-order valence-corrected chi connectivity index (χ0v) is 15.6. The first-order valence-corrected chi connectivity index (χ1v) is 8.74. The number of nitrogens with zero attached hydrogens (tertiary/aromatic N) is 1. The fourth-order valence-electron chi connectivity index (χ4n) is 2.74. The lowest BCUT2D eigenvalue weighted by Gasteiger charge is -2.20. The molecule has 1 N–H and O–H groups in total. The number of carbonyl (C=O) groups excluding carboxylic acids is 1. The van der Waals surface area contributed by atoms with E-state index in [1.165, 1.54) is 5.69 Å². The van der Waals surface area contributed by atoms with Crippen molar-refractivity contribution in [1.29, 1.82) is 0 Å². The van der Waals surface area contributed by atoms with Gasteiger partial charge in [-0.3, -0.25) is 4.79 Å². The molecule has 2 aromatic rings. The second kappa shape index (κ2) is 9.11. The Morgan fingerprint density at radius 2 is 1.76 bits per heavy atom. The summed E-state index contributed by atoms with van der Waals surface area (Å²) in [7, 11) is 2.06. The lowest BCUT2D eigenvalue weighted by Crippen LogP contribution is -2.37. The molecular weight excluding hydrogens is 312 g/mol. The number of hydrogen-bond acceptors (Lipinski definition) is 3. The van der Waals surface area contributed by atoms with Crippen molar-refractivity contribution < 1.29 is 9.53 Å². The Kier molecular flexibility index (Phi) is 6.87. The Morgan fingerprint density at radius 3 is 2.40 bits per heavy atom. The van der Waals surface area contributed by atoms with Gasteiger partial charge in [-0.15, -0.1) is 0 Å². The highest BCUT2D eigenvalue weighted by molar-refractivity contribution is 5.80. The van der Waals surface area contributed by atoms with Crippen LogP contribution >= 0.6 is 0 Å². The molecule has 0 saturated carbocycles. The molecule has 0 heterocycles. The molecule has 2 rings (SSSR count). The summed E-state index contributed by atoms with van der Waals surface area (Å²) < 4.78 is 5.76. The van der Waals surface area contributed by atoms with Crippen LogP contribution in [0.15, 0.2) is 48.5 Å². The third-order valence-corrected chi connectivity index (χ3v) is 4.04. The van der Waals surface area contributed by atoms with Gasteiger partial charge in [-0.1, -0.05) is 24.3 Å². The third-order valence-electron chi connectivity index (χ3n) is 4.04. The summed E-state index contributed by atoms with van der Waals surface area (Å²) in [6.45, 7) is 7.35.